The summed E-state index contributed by atoms with van der Waals surface area (Å²) in [6.07, 6.45) is 0. The van der Waals surface area contributed by atoms with Gasteiger partial charge in [0.2, 0.25) is 6.79 Å². The van der Waals surface area contributed by atoms with Gasteiger partial charge in [-0.1, -0.05) is 28.3 Å². The van der Waals surface area contributed by atoms with Gasteiger partial charge in [-0.3, -0.25) is 19.3 Å². The van der Waals surface area contributed by atoms with Crippen molar-refractivity contribution in [2.24, 2.45) is 10.6 Å². The molecule has 4 heterocycles. The Labute approximate surface area is 244 Å². The van der Waals surface area contributed by atoms with Gasteiger partial charge in [-0.2, -0.15) is 0 Å². The molecule has 2 aromatic heterocycles. The van der Waals surface area contributed by atoms with Crippen molar-refractivity contribution in [3.8, 4) is 0 Å². The van der Waals surface area contributed by atoms with Gasteiger partial charge in [0.1, 0.15) is 27.8 Å². The lowest BCUT2D eigenvalue weighted by molar-refractivity contribution is -0.173. The maximum atomic E-state index is 13.2. The standard InChI is InChI=1S/C22H25N7O7S4/c1-9-26-27-21(40-9)39-6-10-5-37-17-13(25-15(30)12(28-34)11-7-38-20(23)24-11)16(31)29(17)14(10)18(32)35-8-36-19(33)22(2,3)4/h7,13,17,34H,5-6,8H2,1-4H3,(H2,23,24)(H,25,30)/b28-12-/t13?,17-/m1/s1. The van der Waals surface area contributed by atoms with Crippen LogP contribution in [-0.4, -0.2) is 84.5 Å². The molecule has 0 spiro atoms. The fraction of sp³-hybridized carbons (Fsp3) is 0.455. The minimum atomic E-state index is -1.01. The highest BCUT2D eigenvalue weighted by Gasteiger charge is 2.54. The summed E-state index contributed by atoms with van der Waals surface area (Å²) in [6, 6.07) is -1.01. The van der Waals surface area contributed by atoms with Crippen LogP contribution in [-0.2, 0) is 28.7 Å². The molecule has 4 rings (SSSR count). The topological polar surface area (TPSA) is 199 Å². The molecular formula is C22H25N7O7S4. The second-order valence-electron chi connectivity index (χ2n) is 9.44. The zero-order valence-corrected chi connectivity index (χ0v) is 25.0. The van der Waals surface area contributed by atoms with E-state index in [-0.39, 0.29) is 16.5 Å². The Morgan fingerprint density at radius 1 is 1.30 bits per heavy atom. The number of amides is 2. The van der Waals surface area contributed by atoms with Crippen molar-refractivity contribution < 1.29 is 33.9 Å². The van der Waals surface area contributed by atoms with Crippen LogP contribution in [0.15, 0.2) is 26.1 Å². The van der Waals surface area contributed by atoms with E-state index in [0.717, 1.165) is 16.3 Å². The van der Waals surface area contributed by atoms with Gasteiger partial charge in [0, 0.05) is 16.9 Å². The predicted molar refractivity (Wildman–Crippen MR) is 149 cm³/mol. The Morgan fingerprint density at radius 2 is 2.05 bits per heavy atom. The number of thiazole rings is 1. The third kappa shape index (κ3) is 6.39. The summed E-state index contributed by atoms with van der Waals surface area (Å²) in [7, 11) is 0. The number of esters is 2. The summed E-state index contributed by atoms with van der Waals surface area (Å²) in [6.45, 7) is 6.19. The van der Waals surface area contributed by atoms with Gasteiger partial charge in [0.25, 0.3) is 11.8 Å². The fourth-order valence-electron chi connectivity index (χ4n) is 3.51. The first kappa shape index (κ1) is 29.8. The predicted octanol–water partition coefficient (Wildman–Crippen LogP) is 1.60. The number of anilines is 1. The van der Waals surface area contributed by atoms with Gasteiger partial charge in [-0.05, 0) is 33.3 Å². The lowest BCUT2D eigenvalue weighted by Gasteiger charge is -2.49. The van der Waals surface area contributed by atoms with Gasteiger partial charge >= 0.3 is 11.9 Å². The van der Waals surface area contributed by atoms with E-state index in [1.165, 1.54) is 45.1 Å². The minimum absolute atomic E-state index is 0.0168. The number of aryl methyl sites for hydroxylation is 1. The molecule has 2 aliphatic heterocycles. The van der Waals surface area contributed by atoms with E-state index >= 15 is 0 Å². The molecule has 0 saturated carbocycles. The van der Waals surface area contributed by atoms with Crippen molar-refractivity contribution in [3.63, 3.8) is 0 Å². The molecule has 0 aromatic carbocycles. The van der Waals surface area contributed by atoms with Gasteiger partial charge in [0.15, 0.2) is 15.2 Å². The van der Waals surface area contributed by atoms with Crippen molar-refractivity contribution in [2.75, 3.05) is 24.0 Å². The number of oxime groups is 1. The average molecular weight is 628 g/mol. The number of hydrogen-bond donors (Lipinski definition) is 3. The van der Waals surface area contributed by atoms with E-state index in [1.54, 1.807) is 20.8 Å². The first-order chi connectivity index (χ1) is 18.9. The van der Waals surface area contributed by atoms with Gasteiger partial charge in [0.05, 0.1) is 5.41 Å². The number of aromatic nitrogens is 3. The number of carbonyl (C=O) groups excluding carboxylic acids is 4. The van der Waals surface area contributed by atoms with Crippen LogP contribution in [0.3, 0.4) is 0 Å². The lowest BCUT2D eigenvalue weighted by Crippen LogP contribution is -2.71. The average Bonchev–Trinajstić information content (AvgIpc) is 3.52. The molecule has 2 aromatic rings. The van der Waals surface area contributed by atoms with Crippen molar-refractivity contribution in [1.82, 2.24) is 25.4 Å². The van der Waals surface area contributed by atoms with Gasteiger partial charge < -0.3 is 25.7 Å². The summed E-state index contributed by atoms with van der Waals surface area (Å²) in [4.78, 5) is 56.5. The van der Waals surface area contributed by atoms with E-state index in [0.29, 0.717) is 21.4 Å². The summed E-state index contributed by atoms with van der Waals surface area (Å²) in [5, 5.41) is 24.8. The number of nitrogens with one attached hydrogen (secondary N) is 1. The van der Waals surface area contributed by atoms with Crippen LogP contribution in [0.4, 0.5) is 5.13 Å². The molecule has 0 aliphatic carbocycles. The summed E-state index contributed by atoms with van der Waals surface area (Å²) in [5.41, 5.74) is 5.09. The summed E-state index contributed by atoms with van der Waals surface area (Å²) in [5.74, 6) is -2.12. The van der Waals surface area contributed by atoms with Crippen LogP contribution in [0.5, 0.6) is 0 Å². The highest BCUT2D eigenvalue weighted by Crippen LogP contribution is 2.42. The molecule has 0 radical (unpaired) electrons. The number of nitrogens with two attached hydrogens (primary N) is 1. The summed E-state index contributed by atoms with van der Waals surface area (Å²) >= 11 is 5.16. The molecule has 4 N–H and O–H groups in total. The van der Waals surface area contributed by atoms with Crippen LogP contribution in [0.2, 0.25) is 0 Å². The van der Waals surface area contributed by atoms with Gasteiger partial charge in [-0.25, -0.2) is 9.78 Å². The van der Waals surface area contributed by atoms with E-state index < -0.39 is 53.1 Å². The first-order valence-corrected chi connectivity index (χ1v) is 15.3. The number of β-lactam (4-membered cyclic amide) rings is 1. The van der Waals surface area contributed by atoms with Crippen LogP contribution < -0.4 is 11.1 Å². The third-order valence-corrected chi connectivity index (χ3v) is 9.55. The number of hydrogen-bond acceptors (Lipinski definition) is 16. The summed E-state index contributed by atoms with van der Waals surface area (Å²) < 4.78 is 11.0. The zero-order valence-electron chi connectivity index (χ0n) is 21.7. The molecule has 2 atom stereocenters. The lowest BCUT2D eigenvalue weighted by atomic mass is 9.98. The van der Waals surface area contributed by atoms with Crippen molar-refractivity contribution >= 4 is 80.8 Å². The number of carbonyl (C=O) groups is 4. The maximum absolute atomic E-state index is 13.2. The highest BCUT2D eigenvalue weighted by molar-refractivity contribution is 8.01. The number of fused-ring (bicyclic) bond motifs is 1. The first-order valence-electron chi connectivity index (χ1n) is 11.6. The molecule has 1 saturated heterocycles. The second-order valence-corrected chi connectivity index (χ2v) is 13.8. The van der Waals surface area contributed by atoms with Crippen LogP contribution >= 0.6 is 46.2 Å². The number of thioether (sulfide) groups is 2. The molecular weight excluding hydrogens is 603 g/mol. The van der Waals surface area contributed by atoms with Crippen LogP contribution in [0, 0.1) is 12.3 Å². The fourth-order valence-corrected chi connectivity index (χ4v) is 7.36. The molecule has 1 fully saturated rings. The molecule has 0 bridgehead atoms. The van der Waals surface area contributed by atoms with Crippen molar-refractivity contribution in [1.29, 1.82) is 0 Å². The largest absolute Gasteiger partial charge is 0.427 e. The monoisotopic (exact) mass is 627 g/mol. The number of rotatable bonds is 9. The van der Waals surface area contributed by atoms with Crippen molar-refractivity contribution in [3.05, 3.63) is 27.4 Å². The Balaban J connectivity index is 1.50. The Hall–Kier alpha value is -3.22. The molecule has 40 heavy (non-hydrogen) atoms. The molecule has 1 unspecified atom stereocenters. The molecule has 18 heteroatoms. The highest BCUT2D eigenvalue weighted by atomic mass is 32.2. The molecule has 2 amide bonds. The molecule has 214 valence electrons. The van der Waals surface area contributed by atoms with Crippen molar-refractivity contribution in [2.45, 2.75) is 43.5 Å². The maximum Gasteiger partial charge on any atom is 0.357 e. The Bertz CT molecular complexity index is 1400. The SMILES string of the molecule is Cc1nnc(SCC2=C(C(=O)OCOC(=O)C(C)(C)C)N3C(=O)C(NC(=O)/C(=N\O)c4csc(N)n4)[C@H]3SC2)s1. The van der Waals surface area contributed by atoms with E-state index in [4.69, 9.17) is 15.2 Å². The van der Waals surface area contributed by atoms with E-state index in [2.05, 4.69) is 25.7 Å². The Kier molecular flexibility index (Phi) is 9.01. The molecule has 14 nitrogen and oxygen atoms in total. The number of ether oxygens (including phenoxy) is 2. The minimum Gasteiger partial charge on any atom is -0.427 e. The van der Waals surface area contributed by atoms with E-state index in [9.17, 15) is 24.4 Å². The Morgan fingerprint density at radius 3 is 2.65 bits per heavy atom. The normalized spacial score (nSPS) is 19.1. The zero-order chi connectivity index (χ0) is 29.2. The third-order valence-electron chi connectivity index (χ3n) is 5.48. The molecule has 2 aliphatic rings. The quantitative estimate of drug-likeness (QED) is 0.0689. The number of nitrogens with zero attached hydrogens (tertiary/aromatic N) is 5. The van der Waals surface area contributed by atoms with Crippen LogP contribution in [0.25, 0.3) is 0 Å². The van der Waals surface area contributed by atoms with Crippen LogP contribution in [0.1, 0.15) is 31.5 Å². The second kappa shape index (κ2) is 12.1. The number of nitrogen functional groups attached to an aromatic ring is 1. The van der Waals surface area contributed by atoms with E-state index in [1.807, 2.05) is 6.92 Å². The smallest absolute Gasteiger partial charge is 0.357 e. The van der Waals surface area contributed by atoms with Gasteiger partial charge in [-0.15, -0.1) is 33.3 Å².